The molecule has 2 N–H and O–H groups in total. The second-order valence-corrected chi connectivity index (χ2v) is 3.47. The van der Waals surface area contributed by atoms with Crippen LogP contribution in [0.2, 0.25) is 0 Å². The van der Waals surface area contributed by atoms with Gasteiger partial charge < -0.3 is 15.4 Å². The van der Waals surface area contributed by atoms with E-state index in [4.69, 9.17) is 5.73 Å². The van der Waals surface area contributed by atoms with Gasteiger partial charge in [0.15, 0.2) is 0 Å². The fourth-order valence-electron chi connectivity index (χ4n) is 1.17. The lowest BCUT2D eigenvalue weighted by Crippen LogP contribution is -2.41. The van der Waals surface area contributed by atoms with Gasteiger partial charge in [0.25, 0.3) is 0 Å². The number of amides is 1. The summed E-state index contributed by atoms with van der Waals surface area (Å²) < 4.78 is 4.53. The van der Waals surface area contributed by atoms with E-state index in [1.165, 1.54) is 12.0 Å². The number of carbonyl (C=O) groups is 2. The second kappa shape index (κ2) is 7.23. The molecule has 0 aliphatic carbocycles. The van der Waals surface area contributed by atoms with Crippen LogP contribution < -0.4 is 5.73 Å². The molecule has 0 radical (unpaired) electrons. The summed E-state index contributed by atoms with van der Waals surface area (Å²) in [6, 6.07) is 0. The predicted molar refractivity (Wildman–Crippen MR) is 57.1 cm³/mol. The van der Waals surface area contributed by atoms with Crippen molar-refractivity contribution in [2.75, 3.05) is 26.7 Å². The highest BCUT2D eigenvalue weighted by molar-refractivity contribution is 5.83. The summed E-state index contributed by atoms with van der Waals surface area (Å²) in [4.78, 5) is 24.3. The number of nitrogens with zero attached hydrogens (tertiary/aromatic N) is 1. The number of ether oxygens (including phenoxy) is 1. The van der Waals surface area contributed by atoms with Crippen molar-refractivity contribution in [3.8, 4) is 0 Å². The first-order valence-electron chi connectivity index (χ1n) is 5.12. The molecule has 0 aromatic carbocycles. The molecule has 15 heavy (non-hydrogen) atoms. The Morgan fingerprint density at radius 2 is 2.07 bits per heavy atom. The van der Waals surface area contributed by atoms with Crippen molar-refractivity contribution in [3.05, 3.63) is 0 Å². The normalized spacial score (nSPS) is 12.0. The van der Waals surface area contributed by atoms with Gasteiger partial charge in [-0.2, -0.15) is 0 Å². The molecule has 0 saturated carbocycles. The van der Waals surface area contributed by atoms with Crippen molar-refractivity contribution in [2.45, 2.75) is 20.3 Å². The topological polar surface area (TPSA) is 72.6 Å². The molecule has 0 spiro atoms. The molecule has 0 aromatic rings. The number of hydrogen-bond acceptors (Lipinski definition) is 4. The largest absolute Gasteiger partial charge is 0.468 e. The Morgan fingerprint density at radius 1 is 1.47 bits per heavy atom. The minimum atomic E-state index is -0.402. The molecule has 0 fully saturated rings. The first-order chi connectivity index (χ1) is 7.06. The van der Waals surface area contributed by atoms with Gasteiger partial charge in [0.05, 0.1) is 7.11 Å². The number of carbonyl (C=O) groups excluding carboxylic acids is 2. The Morgan fingerprint density at radius 3 is 2.47 bits per heavy atom. The first kappa shape index (κ1) is 13.9. The van der Waals surface area contributed by atoms with Crippen molar-refractivity contribution < 1.29 is 14.3 Å². The molecule has 0 aliphatic rings. The molecule has 0 bridgehead atoms. The molecular formula is C10H20N2O3. The summed E-state index contributed by atoms with van der Waals surface area (Å²) >= 11 is 0. The van der Waals surface area contributed by atoms with Gasteiger partial charge in [-0.1, -0.05) is 13.8 Å². The lowest BCUT2D eigenvalue weighted by atomic mass is 10.1. The van der Waals surface area contributed by atoms with Crippen molar-refractivity contribution in [1.82, 2.24) is 4.90 Å². The van der Waals surface area contributed by atoms with E-state index in [1.54, 1.807) is 6.92 Å². The Labute approximate surface area is 90.6 Å². The summed E-state index contributed by atoms with van der Waals surface area (Å²) in [6.45, 7) is 4.55. The average molecular weight is 216 g/mol. The van der Waals surface area contributed by atoms with Crippen LogP contribution in [-0.4, -0.2) is 43.5 Å². The maximum Gasteiger partial charge on any atom is 0.325 e. The van der Waals surface area contributed by atoms with Gasteiger partial charge >= 0.3 is 5.97 Å². The molecule has 1 unspecified atom stereocenters. The Bertz CT molecular complexity index is 219. The van der Waals surface area contributed by atoms with E-state index in [-0.39, 0.29) is 18.4 Å². The number of methoxy groups -OCH3 is 1. The third kappa shape index (κ3) is 4.78. The number of nitrogens with two attached hydrogens (primary N) is 1. The van der Waals surface area contributed by atoms with Gasteiger partial charge in [0.2, 0.25) is 5.91 Å². The van der Waals surface area contributed by atoms with Crippen LogP contribution in [0.5, 0.6) is 0 Å². The Hall–Kier alpha value is -1.10. The highest BCUT2D eigenvalue weighted by Gasteiger charge is 2.21. The van der Waals surface area contributed by atoms with Gasteiger partial charge in [0.1, 0.15) is 6.54 Å². The SMILES string of the molecule is CCCN(CC(=O)OC)C(=O)C(C)CN. The maximum atomic E-state index is 11.8. The second-order valence-electron chi connectivity index (χ2n) is 3.47. The van der Waals surface area contributed by atoms with Crippen LogP contribution in [0.1, 0.15) is 20.3 Å². The Balaban J connectivity index is 4.37. The van der Waals surface area contributed by atoms with Crippen molar-refractivity contribution in [1.29, 1.82) is 0 Å². The van der Waals surface area contributed by atoms with E-state index in [0.717, 1.165) is 6.42 Å². The van der Waals surface area contributed by atoms with Crippen molar-refractivity contribution >= 4 is 11.9 Å². The summed E-state index contributed by atoms with van der Waals surface area (Å²) in [5, 5.41) is 0. The molecule has 0 heterocycles. The van der Waals surface area contributed by atoms with Crippen LogP contribution in [-0.2, 0) is 14.3 Å². The first-order valence-corrected chi connectivity index (χ1v) is 5.12. The zero-order chi connectivity index (χ0) is 11.8. The molecule has 0 saturated heterocycles. The zero-order valence-electron chi connectivity index (χ0n) is 9.66. The summed E-state index contributed by atoms with van der Waals surface area (Å²) in [5.41, 5.74) is 5.41. The van der Waals surface area contributed by atoms with Crippen LogP contribution in [0, 0.1) is 5.92 Å². The molecule has 0 rings (SSSR count). The van der Waals surface area contributed by atoms with E-state index in [2.05, 4.69) is 4.74 Å². The van der Waals surface area contributed by atoms with E-state index in [9.17, 15) is 9.59 Å². The van der Waals surface area contributed by atoms with E-state index in [0.29, 0.717) is 13.1 Å². The predicted octanol–water partition coefficient (Wildman–Crippen LogP) is -0.00720. The minimum Gasteiger partial charge on any atom is -0.468 e. The number of rotatable bonds is 6. The molecule has 0 aliphatic heterocycles. The van der Waals surface area contributed by atoms with Crippen LogP contribution in [0.3, 0.4) is 0 Å². The van der Waals surface area contributed by atoms with Gasteiger partial charge in [-0.15, -0.1) is 0 Å². The molecule has 5 nitrogen and oxygen atoms in total. The smallest absolute Gasteiger partial charge is 0.325 e. The molecule has 1 amide bonds. The summed E-state index contributed by atoms with van der Waals surface area (Å²) in [6.07, 6.45) is 0.806. The average Bonchev–Trinajstić information content (AvgIpc) is 2.26. The lowest BCUT2D eigenvalue weighted by Gasteiger charge is -2.23. The zero-order valence-corrected chi connectivity index (χ0v) is 9.66. The number of esters is 1. The van der Waals surface area contributed by atoms with Gasteiger partial charge in [-0.25, -0.2) is 0 Å². The van der Waals surface area contributed by atoms with Crippen molar-refractivity contribution in [2.24, 2.45) is 11.7 Å². The van der Waals surface area contributed by atoms with Gasteiger partial charge in [-0.05, 0) is 6.42 Å². The highest BCUT2D eigenvalue weighted by Crippen LogP contribution is 2.02. The van der Waals surface area contributed by atoms with E-state index in [1.807, 2.05) is 6.92 Å². The van der Waals surface area contributed by atoms with Crippen LogP contribution in [0.25, 0.3) is 0 Å². The van der Waals surface area contributed by atoms with Crippen molar-refractivity contribution in [3.63, 3.8) is 0 Å². The highest BCUT2D eigenvalue weighted by atomic mass is 16.5. The lowest BCUT2D eigenvalue weighted by molar-refractivity contribution is -0.148. The fourth-order valence-corrected chi connectivity index (χ4v) is 1.17. The van der Waals surface area contributed by atoms with Gasteiger partial charge in [-0.3, -0.25) is 9.59 Å². The third-order valence-electron chi connectivity index (χ3n) is 2.13. The standard InChI is InChI=1S/C10H20N2O3/c1-4-5-12(7-9(13)15-3)10(14)8(2)6-11/h8H,4-7,11H2,1-3H3. The molecular weight excluding hydrogens is 196 g/mol. The monoisotopic (exact) mass is 216 g/mol. The van der Waals surface area contributed by atoms with Crippen LogP contribution in [0.15, 0.2) is 0 Å². The van der Waals surface area contributed by atoms with Gasteiger partial charge in [0, 0.05) is 19.0 Å². The summed E-state index contributed by atoms with van der Waals surface area (Å²) in [5.74, 6) is -0.744. The molecule has 5 heteroatoms. The maximum absolute atomic E-state index is 11.8. The minimum absolute atomic E-state index is 0.00745. The third-order valence-corrected chi connectivity index (χ3v) is 2.13. The number of hydrogen-bond donors (Lipinski definition) is 1. The molecule has 0 aromatic heterocycles. The molecule has 1 atom stereocenters. The fraction of sp³-hybridized carbons (Fsp3) is 0.800. The van der Waals surface area contributed by atoms with Crippen LogP contribution >= 0.6 is 0 Å². The quantitative estimate of drug-likeness (QED) is 0.634. The van der Waals surface area contributed by atoms with E-state index < -0.39 is 5.97 Å². The molecule has 88 valence electrons. The Kier molecular flexibility index (Phi) is 6.70. The van der Waals surface area contributed by atoms with E-state index >= 15 is 0 Å². The van der Waals surface area contributed by atoms with Crippen LogP contribution in [0.4, 0.5) is 0 Å². The summed E-state index contributed by atoms with van der Waals surface area (Å²) in [7, 11) is 1.31.